The number of carbonyl (C=O) groups excluding carboxylic acids is 1. The van der Waals surface area contributed by atoms with Crippen LogP contribution in [0.25, 0.3) is 10.9 Å². The Hall–Kier alpha value is -2.20. The van der Waals surface area contributed by atoms with Crippen molar-refractivity contribution < 1.29 is 4.79 Å². The summed E-state index contributed by atoms with van der Waals surface area (Å²) in [4.78, 5) is 20.6. The summed E-state index contributed by atoms with van der Waals surface area (Å²) in [7, 11) is 0. The average molecular weight is 314 g/mol. The first-order valence-electron chi connectivity index (χ1n) is 7.16. The number of rotatable bonds is 4. The van der Waals surface area contributed by atoms with Gasteiger partial charge in [-0.1, -0.05) is 43.6 Å². The Morgan fingerprint density at radius 1 is 1.27 bits per heavy atom. The molecule has 0 fully saturated rings. The number of hydrogen-bond donors (Lipinski definition) is 0. The van der Waals surface area contributed by atoms with Crippen LogP contribution < -0.4 is 0 Å². The van der Waals surface area contributed by atoms with Gasteiger partial charge in [0.2, 0.25) is 0 Å². The second kappa shape index (κ2) is 5.89. The maximum absolute atomic E-state index is 12.8. The minimum atomic E-state index is -0.149. The number of aromatic nitrogens is 3. The molecule has 0 N–H and O–H groups in total. The molecule has 0 aliphatic heterocycles. The van der Waals surface area contributed by atoms with Crippen molar-refractivity contribution in [2.45, 2.75) is 20.4 Å². The van der Waals surface area contributed by atoms with Gasteiger partial charge in [-0.15, -0.1) is 0 Å². The lowest BCUT2D eigenvalue weighted by Gasteiger charge is -2.07. The molecule has 4 nitrogen and oxygen atoms in total. The van der Waals surface area contributed by atoms with Gasteiger partial charge in [0.1, 0.15) is 11.5 Å². The van der Waals surface area contributed by atoms with Gasteiger partial charge in [0, 0.05) is 35.4 Å². The van der Waals surface area contributed by atoms with E-state index in [-0.39, 0.29) is 10.9 Å². The van der Waals surface area contributed by atoms with Crippen molar-refractivity contribution in [2.75, 3.05) is 0 Å². The van der Waals surface area contributed by atoms with Crippen LogP contribution in [0.1, 0.15) is 29.8 Å². The molecule has 2 heterocycles. The van der Waals surface area contributed by atoms with Gasteiger partial charge in [-0.2, -0.15) is 0 Å². The molecule has 0 aliphatic carbocycles. The Bertz CT molecular complexity index is 839. The maximum atomic E-state index is 12.8. The van der Waals surface area contributed by atoms with Gasteiger partial charge >= 0.3 is 0 Å². The fraction of sp³-hybridized carbons (Fsp3) is 0.235. The van der Waals surface area contributed by atoms with E-state index in [1.807, 2.05) is 30.5 Å². The Balaban J connectivity index is 2.15. The molecule has 112 valence electrons. The number of carbonyl (C=O) groups is 1. The molecule has 0 saturated heterocycles. The highest BCUT2D eigenvalue weighted by Crippen LogP contribution is 2.26. The van der Waals surface area contributed by atoms with E-state index in [2.05, 4.69) is 28.4 Å². The van der Waals surface area contributed by atoms with Gasteiger partial charge in [-0.25, -0.2) is 9.97 Å². The molecule has 0 amide bonds. The number of halogens is 1. The monoisotopic (exact) mass is 313 g/mol. The summed E-state index contributed by atoms with van der Waals surface area (Å²) in [6, 6.07) is 7.89. The minimum Gasteiger partial charge on any atom is -0.346 e. The number of ketones is 1. The zero-order valence-corrected chi connectivity index (χ0v) is 13.2. The standard InChI is InChI=1S/C17H16ClN3O/c1-11(2)8-21-9-14(12-5-3-4-6-15(12)21)16(22)13-7-19-10-20-17(13)18/h3-7,9-11H,8H2,1-2H3. The number of para-hydroxylation sites is 1. The van der Waals surface area contributed by atoms with Crippen molar-refractivity contribution in [3.05, 3.63) is 59.3 Å². The molecule has 0 spiro atoms. The molecule has 0 radical (unpaired) electrons. The summed E-state index contributed by atoms with van der Waals surface area (Å²) in [5, 5.41) is 1.11. The lowest BCUT2D eigenvalue weighted by atomic mass is 10.1. The molecule has 0 atom stereocenters. The minimum absolute atomic E-state index is 0.149. The highest BCUT2D eigenvalue weighted by Gasteiger charge is 2.19. The van der Waals surface area contributed by atoms with Crippen molar-refractivity contribution in [3.63, 3.8) is 0 Å². The van der Waals surface area contributed by atoms with E-state index in [1.54, 1.807) is 0 Å². The van der Waals surface area contributed by atoms with Crippen LogP contribution in [0.4, 0.5) is 0 Å². The average Bonchev–Trinajstić information content (AvgIpc) is 2.85. The van der Waals surface area contributed by atoms with Crippen molar-refractivity contribution in [2.24, 2.45) is 5.92 Å². The molecule has 1 aromatic carbocycles. The number of fused-ring (bicyclic) bond motifs is 1. The Morgan fingerprint density at radius 2 is 2.05 bits per heavy atom. The summed E-state index contributed by atoms with van der Waals surface area (Å²) in [6.07, 6.45) is 4.70. The van der Waals surface area contributed by atoms with Crippen LogP contribution in [-0.2, 0) is 6.54 Å². The van der Waals surface area contributed by atoms with Crippen LogP contribution in [0.2, 0.25) is 5.15 Å². The van der Waals surface area contributed by atoms with Crippen molar-refractivity contribution >= 4 is 28.3 Å². The smallest absolute Gasteiger partial charge is 0.199 e. The zero-order chi connectivity index (χ0) is 15.7. The van der Waals surface area contributed by atoms with Gasteiger partial charge in [0.05, 0.1) is 5.56 Å². The van der Waals surface area contributed by atoms with Gasteiger partial charge in [-0.3, -0.25) is 4.79 Å². The molecule has 22 heavy (non-hydrogen) atoms. The van der Waals surface area contributed by atoms with Gasteiger partial charge in [0.15, 0.2) is 5.78 Å². The van der Waals surface area contributed by atoms with Crippen molar-refractivity contribution in [1.82, 2.24) is 14.5 Å². The topological polar surface area (TPSA) is 47.8 Å². The van der Waals surface area contributed by atoms with E-state index in [1.165, 1.54) is 12.5 Å². The molecule has 3 rings (SSSR count). The third-order valence-corrected chi connectivity index (χ3v) is 3.80. The first-order valence-corrected chi connectivity index (χ1v) is 7.53. The second-order valence-corrected chi connectivity index (χ2v) is 6.02. The summed E-state index contributed by atoms with van der Waals surface area (Å²) < 4.78 is 2.12. The summed E-state index contributed by atoms with van der Waals surface area (Å²) in [6.45, 7) is 5.16. The molecule has 5 heteroatoms. The van der Waals surface area contributed by atoms with Crippen molar-refractivity contribution in [3.8, 4) is 0 Å². The Kier molecular flexibility index (Phi) is 3.94. The number of benzene rings is 1. The maximum Gasteiger partial charge on any atom is 0.199 e. The van der Waals surface area contributed by atoms with Crippen LogP contribution >= 0.6 is 11.6 Å². The third kappa shape index (κ3) is 2.62. The molecular weight excluding hydrogens is 298 g/mol. The molecular formula is C17H16ClN3O. The Morgan fingerprint density at radius 3 is 2.77 bits per heavy atom. The molecule has 0 saturated carbocycles. The highest BCUT2D eigenvalue weighted by atomic mass is 35.5. The largest absolute Gasteiger partial charge is 0.346 e. The fourth-order valence-electron chi connectivity index (χ4n) is 2.58. The zero-order valence-electron chi connectivity index (χ0n) is 12.5. The van der Waals surface area contributed by atoms with E-state index >= 15 is 0 Å². The van der Waals surface area contributed by atoms with E-state index in [4.69, 9.17) is 11.6 Å². The first kappa shape index (κ1) is 14.7. The normalized spacial score (nSPS) is 11.3. The predicted octanol–water partition coefficient (Wildman–Crippen LogP) is 3.97. The Labute approximate surface area is 133 Å². The third-order valence-electron chi connectivity index (χ3n) is 3.50. The second-order valence-electron chi connectivity index (χ2n) is 5.66. The van der Waals surface area contributed by atoms with Crippen LogP contribution in [0.3, 0.4) is 0 Å². The summed E-state index contributed by atoms with van der Waals surface area (Å²) in [5.74, 6) is 0.340. The molecule has 2 aromatic heterocycles. The van der Waals surface area contributed by atoms with Crippen molar-refractivity contribution in [1.29, 1.82) is 0 Å². The molecule has 3 aromatic rings. The van der Waals surface area contributed by atoms with E-state index in [0.29, 0.717) is 17.0 Å². The number of nitrogens with zero attached hydrogens (tertiary/aromatic N) is 3. The predicted molar refractivity (Wildman–Crippen MR) is 87.3 cm³/mol. The first-order chi connectivity index (χ1) is 10.6. The van der Waals surface area contributed by atoms with Gasteiger partial charge < -0.3 is 4.57 Å². The summed E-state index contributed by atoms with van der Waals surface area (Å²) in [5.41, 5.74) is 2.01. The van der Waals surface area contributed by atoms with E-state index < -0.39 is 0 Å². The van der Waals surface area contributed by atoms with E-state index in [0.717, 1.165) is 17.4 Å². The van der Waals surface area contributed by atoms with E-state index in [9.17, 15) is 4.79 Å². The SMILES string of the molecule is CC(C)Cn1cc(C(=O)c2cncnc2Cl)c2ccccc21. The molecule has 0 bridgehead atoms. The van der Waals surface area contributed by atoms with Crippen LogP contribution in [0.15, 0.2) is 43.0 Å². The van der Waals surface area contributed by atoms with Crippen LogP contribution in [-0.4, -0.2) is 20.3 Å². The lowest BCUT2D eigenvalue weighted by Crippen LogP contribution is -2.05. The van der Waals surface area contributed by atoms with Crippen LogP contribution in [0.5, 0.6) is 0 Å². The summed E-state index contributed by atoms with van der Waals surface area (Å²) >= 11 is 6.03. The van der Waals surface area contributed by atoms with Gasteiger partial charge in [0.25, 0.3) is 0 Å². The fourth-order valence-corrected chi connectivity index (χ4v) is 2.76. The number of hydrogen-bond acceptors (Lipinski definition) is 3. The highest BCUT2D eigenvalue weighted by molar-refractivity contribution is 6.34. The lowest BCUT2D eigenvalue weighted by molar-refractivity contribution is 0.103. The quantitative estimate of drug-likeness (QED) is 0.541. The molecule has 0 unspecified atom stereocenters. The van der Waals surface area contributed by atoms with Crippen LogP contribution in [0, 0.1) is 5.92 Å². The molecule has 0 aliphatic rings. The van der Waals surface area contributed by atoms with Gasteiger partial charge in [-0.05, 0) is 12.0 Å².